The first-order chi connectivity index (χ1) is 16.3. The summed E-state index contributed by atoms with van der Waals surface area (Å²) in [6.45, 7) is 7.28. The summed E-state index contributed by atoms with van der Waals surface area (Å²) in [6, 6.07) is 27.3. The fraction of sp³-hybridized carbons (Fsp3) is 0.185. The van der Waals surface area contributed by atoms with E-state index in [2.05, 4.69) is 74.3 Å². The predicted molar refractivity (Wildman–Crippen MR) is 140 cm³/mol. The zero-order chi connectivity index (χ0) is 23.9. The summed E-state index contributed by atoms with van der Waals surface area (Å²) < 4.78 is 8.88. The highest BCUT2D eigenvalue weighted by Crippen LogP contribution is 2.37. The zero-order valence-corrected chi connectivity index (χ0v) is 21.2. The molecule has 0 aliphatic heterocycles. The molecule has 0 bridgehead atoms. The topological polar surface area (TPSA) is 63.8 Å². The van der Waals surface area contributed by atoms with Gasteiger partial charge in [0.25, 0.3) is 8.32 Å². The van der Waals surface area contributed by atoms with E-state index in [9.17, 15) is 9.90 Å². The number of hydrogen-bond donors (Lipinski definition) is 1. The quantitative estimate of drug-likeness (QED) is 0.330. The van der Waals surface area contributed by atoms with Crippen molar-refractivity contribution in [1.82, 2.24) is 9.38 Å². The number of aromatic carboxylic acids is 1. The molecule has 5 nitrogen and oxygen atoms in total. The first kappa shape index (κ1) is 22.5. The Morgan fingerprint density at radius 2 is 1.62 bits per heavy atom. The van der Waals surface area contributed by atoms with Crippen molar-refractivity contribution in [2.75, 3.05) is 0 Å². The maximum Gasteiger partial charge on any atom is 0.347 e. The van der Waals surface area contributed by atoms with Crippen LogP contribution in [0.4, 0.5) is 0 Å². The van der Waals surface area contributed by atoms with Gasteiger partial charge in [-0.3, -0.25) is 4.40 Å². The third-order valence-electron chi connectivity index (χ3n) is 6.25. The second kappa shape index (κ2) is 8.50. The van der Waals surface area contributed by atoms with E-state index >= 15 is 0 Å². The Kier molecular flexibility index (Phi) is 5.63. The lowest BCUT2D eigenvalue weighted by Gasteiger charge is -2.43. The van der Waals surface area contributed by atoms with Gasteiger partial charge in [0, 0.05) is 6.20 Å². The van der Waals surface area contributed by atoms with Gasteiger partial charge >= 0.3 is 5.97 Å². The summed E-state index contributed by atoms with van der Waals surface area (Å²) >= 11 is 1.18. The minimum absolute atomic E-state index is 0.0932. The Hall–Kier alpha value is -3.26. The molecule has 5 rings (SSSR count). The molecule has 0 fully saturated rings. The number of fused-ring (bicyclic) bond motifs is 3. The fourth-order valence-electron chi connectivity index (χ4n) is 4.70. The van der Waals surface area contributed by atoms with Crippen LogP contribution in [0, 0.1) is 0 Å². The third kappa shape index (κ3) is 3.75. The monoisotopic (exact) mass is 486 g/mol. The lowest BCUT2D eigenvalue weighted by molar-refractivity contribution is 0.0702. The highest BCUT2D eigenvalue weighted by Gasteiger charge is 2.50. The summed E-state index contributed by atoms with van der Waals surface area (Å²) in [5.41, 5.74) is 2.78. The number of imidazole rings is 1. The summed E-state index contributed by atoms with van der Waals surface area (Å²) in [5, 5.41) is 11.7. The average Bonchev–Trinajstić information content (AvgIpc) is 3.38. The maximum atomic E-state index is 11.3. The molecule has 0 aliphatic rings. The van der Waals surface area contributed by atoms with Crippen LogP contribution in [0.15, 0.2) is 85.1 Å². The molecule has 0 atom stereocenters. The van der Waals surface area contributed by atoms with Gasteiger partial charge in [0.2, 0.25) is 0 Å². The molecule has 2 heterocycles. The van der Waals surface area contributed by atoms with Crippen LogP contribution in [0.25, 0.3) is 16.0 Å². The van der Waals surface area contributed by atoms with E-state index in [0.29, 0.717) is 11.6 Å². The SMILES string of the molecule is CC(C)(C)[Si](OCc1ccc2c(c1)nc1sc(C(=O)O)cn12)(c1ccccc1)c1ccccc1. The Morgan fingerprint density at radius 1 is 1.00 bits per heavy atom. The molecule has 0 saturated carbocycles. The molecule has 1 N–H and O–H groups in total. The molecule has 0 saturated heterocycles. The van der Waals surface area contributed by atoms with E-state index in [0.717, 1.165) is 16.6 Å². The third-order valence-corrected chi connectivity index (χ3v) is 12.2. The van der Waals surface area contributed by atoms with Crippen LogP contribution in [0.5, 0.6) is 0 Å². The predicted octanol–water partition coefficient (Wildman–Crippen LogP) is 5.32. The second-order valence-corrected chi connectivity index (χ2v) is 14.8. The highest BCUT2D eigenvalue weighted by atomic mass is 32.1. The van der Waals surface area contributed by atoms with Gasteiger partial charge in [-0.25, -0.2) is 9.78 Å². The number of benzene rings is 3. The minimum atomic E-state index is -2.63. The minimum Gasteiger partial charge on any atom is -0.477 e. The van der Waals surface area contributed by atoms with E-state index in [-0.39, 0.29) is 9.92 Å². The number of carbonyl (C=O) groups is 1. The first-order valence-corrected chi connectivity index (χ1v) is 13.9. The summed E-state index contributed by atoms with van der Waals surface area (Å²) in [4.78, 5) is 16.9. The molecule has 172 valence electrons. The Bertz CT molecular complexity index is 1430. The molecule has 2 aromatic heterocycles. The molecule has 0 aliphatic carbocycles. The number of rotatable bonds is 6. The van der Waals surface area contributed by atoms with Crippen LogP contribution in [-0.2, 0) is 11.0 Å². The van der Waals surface area contributed by atoms with Gasteiger partial charge in [0.15, 0.2) is 4.96 Å². The van der Waals surface area contributed by atoms with Gasteiger partial charge in [-0.1, -0.05) is 98.8 Å². The summed E-state index contributed by atoms with van der Waals surface area (Å²) in [5.74, 6) is -0.932. The number of aromatic nitrogens is 2. The van der Waals surface area contributed by atoms with Crippen molar-refractivity contribution in [3.63, 3.8) is 0 Å². The number of thiazole rings is 1. The van der Waals surface area contributed by atoms with Gasteiger partial charge in [-0.15, -0.1) is 0 Å². The molecular weight excluding hydrogens is 460 g/mol. The van der Waals surface area contributed by atoms with Crippen molar-refractivity contribution in [1.29, 1.82) is 0 Å². The molecule has 7 heteroatoms. The second-order valence-electron chi connectivity index (χ2n) is 9.44. The summed E-state index contributed by atoms with van der Waals surface area (Å²) in [6.07, 6.45) is 1.64. The van der Waals surface area contributed by atoms with E-state index in [1.165, 1.54) is 21.7 Å². The van der Waals surface area contributed by atoms with Crippen molar-refractivity contribution >= 4 is 52.0 Å². The van der Waals surface area contributed by atoms with E-state index in [1.54, 1.807) is 6.20 Å². The number of carboxylic acids is 1. The van der Waals surface area contributed by atoms with Crippen LogP contribution >= 0.6 is 11.3 Å². The molecule has 5 aromatic rings. The van der Waals surface area contributed by atoms with Crippen molar-refractivity contribution in [2.24, 2.45) is 0 Å². The van der Waals surface area contributed by atoms with Crippen LogP contribution < -0.4 is 10.4 Å². The van der Waals surface area contributed by atoms with Gasteiger partial charge < -0.3 is 9.53 Å². The lowest BCUT2D eigenvalue weighted by Crippen LogP contribution is -2.66. The summed E-state index contributed by atoms with van der Waals surface area (Å²) in [7, 11) is -2.63. The molecule has 0 unspecified atom stereocenters. The largest absolute Gasteiger partial charge is 0.477 e. The highest BCUT2D eigenvalue weighted by molar-refractivity contribution is 7.18. The standard InChI is InChI=1S/C27H26N2O3SSi/c1-27(2,3)34(20-10-6-4-7-11-20,21-12-8-5-9-13-21)32-18-19-14-15-23-22(16-19)28-26-29(23)17-24(33-26)25(30)31/h4-17H,18H2,1-3H3,(H,30,31). The van der Waals surface area contributed by atoms with Crippen molar-refractivity contribution in [3.05, 3.63) is 95.5 Å². The van der Waals surface area contributed by atoms with Gasteiger partial charge in [-0.05, 0) is 33.1 Å². The van der Waals surface area contributed by atoms with Crippen LogP contribution in [-0.4, -0.2) is 28.8 Å². The Labute approximate surface area is 203 Å². The van der Waals surface area contributed by atoms with Crippen LogP contribution in [0.2, 0.25) is 5.04 Å². The zero-order valence-electron chi connectivity index (χ0n) is 19.4. The van der Waals surface area contributed by atoms with E-state index in [4.69, 9.17) is 4.43 Å². The van der Waals surface area contributed by atoms with Crippen LogP contribution in [0.1, 0.15) is 36.0 Å². The lowest BCUT2D eigenvalue weighted by atomic mass is 10.2. The Morgan fingerprint density at radius 3 is 2.18 bits per heavy atom. The smallest absolute Gasteiger partial charge is 0.347 e. The van der Waals surface area contributed by atoms with E-state index in [1.807, 2.05) is 34.7 Å². The van der Waals surface area contributed by atoms with E-state index < -0.39 is 14.3 Å². The van der Waals surface area contributed by atoms with Crippen molar-refractivity contribution < 1.29 is 14.3 Å². The maximum absolute atomic E-state index is 11.3. The molecule has 3 aromatic carbocycles. The van der Waals surface area contributed by atoms with Gasteiger partial charge in [0.05, 0.1) is 17.6 Å². The molecular formula is C27H26N2O3SSi. The van der Waals surface area contributed by atoms with Gasteiger partial charge in [-0.2, -0.15) is 0 Å². The normalized spacial score (nSPS) is 12.4. The fourth-order valence-corrected chi connectivity index (χ4v) is 10.1. The number of hydrogen-bond acceptors (Lipinski definition) is 4. The average molecular weight is 487 g/mol. The Balaban J connectivity index is 1.55. The van der Waals surface area contributed by atoms with Gasteiger partial charge in [0.1, 0.15) is 4.88 Å². The number of carboxylic acid groups (broad SMARTS) is 1. The van der Waals surface area contributed by atoms with Crippen LogP contribution in [0.3, 0.4) is 0 Å². The first-order valence-electron chi connectivity index (χ1n) is 11.2. The molecule has 34 heavy (non-hydrogen) atoms. The molecule has 0 amide bonds. The molecule has 0 radical (unpaired) electrons. The number of nitrogens with zero attached hydrogens (tertiary/aromatic N) is 2. The molecule has 0 spiro atoms. The van der Waals surface area contributed by atoms with Crippen molar-refractivity contribution in [2.45, 2.75) is 32.4 Å². The van der Waals surface area contributed by atoms with Crippen molar-refractivity contribution in [3.8, 4) is 0 Å².